The molecule has 1 heterocycles. The number of halogens is 1. The van der Waals surface area contributed by atoms with Gasteiger partial charge in [0.2, 0.25) is 10.9 Å². The second kappa shape index (κ2) is 9.84. The van der Waals surface area contributed by atoms with Crippen LogP contribution in [-0.4, -0.2) is 40.1 Å². The monoisotopic (exact) mass is 459 g/mol. The van der Waals surface area contributed by atoms with E-state index in [0.717, 1.165) is 18.7 Å². The Hall–Kier alpha value is -3.37. The fourth-order valence-electron chi connectivity index (χ4n) is 3.24. The summed E-state index contributed by atoms with van der Waals surface area (Å²) in [7, 11) is -3.10. The molecule has 1 saturated heterocycles. The highest BCUT2D eigenvalue weighted by Gasteiger charge is 2.20. The minimum atomic E-state index is -3.10. The molecule has 8 nitrogen and oxygen atoms in total. The summed E-state index contributed by atoms with van der Waals surface area (Å²) in [5, 5.41) is 6.67. The SMILES string of the molecule is O=C(CNc1c(OCc2ccccc2)cc2ccc(OC3CNC3)cc2c1F)N[SH](=O)=O. The molecule has 0 atom stereocenters. The van der Waals surface area contributed by atoms with Crippen molar-refractivity contribution in [1.29, 1.82) is 0 Å². The van der Waals surface area contributed by atoms with Crippen molar-refractivity contribution >= 4 is 33.3 Å². The number of carbonyl (C=O) groups is 1. The lowest BCUT2D eigenvalue weighted by Gasteiger charge is -2.28. The molecule has 10 heteroatoms. The van der Waals surface area contributed by atoms with E-state index >= 15 is 4.39 Å². The maximum Gasteiger partial charge on any atom is 0.252 e. The molecule has 3 aromatic carbocycles. The van der Waals surface area contributed by atoms with E-state index in [1.54, 1.807) is 29.0 Å². The van der Waals surface area contributed by atoms with Gasteiger partial charge < -0.3 is 20.1 Å². The average Bonchev–Trinajstić information content (AvgIpc) is 2.75. The van der Waals surface area contributed by atoms with Crippen LogP contribution in [0.4, 0.5) is 10.1 Å². The minimum Gasteiger partial charge on any atom is -0.488 e. The molecule has 1 amide bonds. The Bertz CT molecular complexity index is 1190. The molecular weight excluding hydrogens is 437 g/mol. The quantitative estimate of drug-likeness (QED) is 0.363. The van der Waals surface area contributed by atoms with Crippen LogP contribution < -0.4 is 24.8 Å². The number of benzene rings is 3. The van der Waals surface area contributed by atoms with Crippen LogP contribution >= 0.6 is 0 Å². The van der Waals surface area contributed by atoms with E-state index in [2.05, 4.69) is 10.6 Å². The van der Waals surface area contributed by atoms with E-state index in [4.69, 9.17) is 9.47 Å². The van der Waals surface area contributed by atoms with E-state index < -0.39 is 29.2 Å². The van der Waals surface area contributed by atoms with Gasteiger partial charge in [-0.2, -0.15) is 0 Å². The van der Waals surface area contributed by atoms with E-state index in [-0.39, 0.29) is 24.1 Å². The minimum absolute atomic E-state index is 0.0350. The predicted molar refractivity (Wildman–Crippen MR) is 119 cm³/mol. The molecule has 0 spiro atoms. The van der Waals surface area contributed by atoms with Crippen molar-refractivity contribution in [3.8, 4) is 11.5 Å². The first-order valence-corrected chi connectivity index (χ1v) is 11.2. The van der Waals surface area contributed by atoms with Crippen LogP contribution in [-0.2, 0) is 22.3 Å². The van der Waals surface area contributed by atoms with E-state index in [0.29, 0.717) is 16.5 Å². The normalized spacial score (nSPS) is 13.6. The van der Waals surface area contributed by atoms with Crippen LogP contribution in [0.5, 0.6) is 11.5 Å². The third-order valence-electron chi connectivity index (χ3n) is 4.94. The highest BCUT2D eigenvalue weighted by molar-refractivity contribution is 7.71. The summed E-state index contributed by atoms with van der Waals surface area (Å²) in [6, 6.07) is 16.2. The smallest absolute Gasteiger partial charge is 0.252 e. The van der Waals surface area contributed by atoms with Crippen LogP contribution in [0.2, 0.25) is 0 Å². The number of carbonyl (C=O) groups excluding carboxylic acids is 1. The van der Waals surface area contributed by atoms with Gasteiger partial charge in [-0.1, -0.05) is 36.4 Å². The third kappa shape index (κ3) is 5.27. The van der Waals surface area contributed by atoms with Gasteiger partial charge in [0.25, 0.3) is 5.91 Å². The van der Waals surface area contributed by atoms with Gasteiger partial charge in [-0.05, 0) is 29.1 Å². The second-order valence-corrected chi connectivity index (χ2v) is 8.00. The number of ether oxygens (including phenoxy) is 2. The summed E-state index contributed by atoms with van der Waals surface area (Å²) in [6.07, 6.45) is 0.0411. The van der Waals surface area contributed by atoms with Crippen molar-refractivity contribution in [3.05, 3.63) is 66.0 Å². The van der Waals surface area contributed by atoms with Crippen LogP contribution in [0, 0.1) is 5.82 Å². The first-order chi connectivity index (χ1) is 15.5. The number of hydrogen-bond donors (Lipinski definition) is 4. The summed E-state index contributed by atoms with van der Waals surface area (Å²) in [4.78, 5) is 11.8. The number of fused-ring (bicyclic) bond motifs is 1. The molecule has 0 saturated carbocycles. The van der Waals surface area contributed by atoms with Crippen molar-refractivity contribution in [1.82, 2.24) is 10.0 Å². The molecule has 0 aliphatic carbocycles. The molecule has 0 unspecified atom stereocenters. The highest BCUT2D eigenvalue weighted by atomic mass is 32.2. The lowest BCUT2D eigenvalue weighted by atomic mass is 10.1. The fraction of sp³-hybridized carbons (Fsp3) is 0.227. The molecule has 0 aromatic heterocycles. The standard InChI is InChI=1S/C22H22FN3O5S/c23-21-18-9-16(31-17-10-24-11-17)7-6-15(18)8-19(30-13-14-4-2-1-3-5-14)22(21)25-12-20(27)26-32(28)29/h1-9,17,24-25,32H,10-13H2,(H,26,27,28,29). The molecule has 1 aliphatic heterocycles. The van der Waals surface area contributed by atoms with Crippen molar-refractivity contribution in [2.24, 2.45) is 0 Å². The Balaban J connectivity index is 1.64. The molecule has 4 rings (SSSR count). The molecule has 1 aliphatic rings. The van der Waals surface area contributed by atoms with Gasteiger partial charge in [0.1, 0.15) is 29.9 Å². The van der Waals surface area contributed by atoms with E-state index in [1.165, 1.54) is 0 Å². The van der Waals surface area contributed by atoms with Crippen molar-refractivity contribution in [3.63, 3.8) is 0 Å². The summed E-state index contributed by atoms with van der Waals surface area (Å²) >= 11 is 0. The molecule has 0 bridgehead atoms. The van der Waals surface area contributed by atoms with Gasteiger partial charge in [0.15, 0.2) is 5.82 Å². The third-order valence-corrected chi connectivity index (χ3v) is 5.37. The number of hydrogen-bond acceptors (Lipinski definition) is 7. The average molecular weight is 459 g/mol. The summed E-state index contributed by atoms with van der Waals surface area (Å²) in [5.74, 6) is -0.700. The lowest BCUT2D eigenvalue weighted by molar-refractivity contribution is -0.117. The summed E-state index contributed by atoms with van der Waals surface area (Å²) < 4.78 is 50.4. The Labute approximate surface area is 185 Å². The molecule has 1 fully saturated rings. The maximum atomic E-state index is 15.5. The van der Waals surface area contributed by atoms with E-state index in [1.807, 2.05) is 30.3 Å². The van der Waals surface area contributed by atoms with Crippen LogP contribution in [0.25, 0.3) is 10.8 Å². The largest absolute Gasteiger partial charge is 0.488 e. The number of anilines is 1. The molecule has 3 aromatic rings. The lowest BCUT2D eigenvalue weighted by Crippen LogP contribution is -2.50. The first-order valence-electron chi connectivity index (χ1n) is 9.97. The van der Waals surface area contributed by atoms with Crippen molar-refractivity contribution in [2.45, 2.75) is 12.7 Å². The zero-order chi connectivity index (χ0) is 22.5. The van der Waals surface area contributed by atoms with Gasteiger partial charge in [-0.25, -0.2) is 12.8 Å². The highest BCUT2D eigenvalue weighted by Crippen LogP contribution is 2.36. The molecule has 3 N–H and O–H groups in total. The number of rotatable bonds is 9. The number of nitrogens with one attached hydrogen (secondary N) is 3. The van der Waals surface area contributed by atoms with Crippen molar-refractivity contribution in [2.75, 3.05) is 25.0 Å². The van der Waals surface area contributed by atoms with Gasteiger partial charge >= 0.3 is 0 Å². The number of thiol groups is 1. The second-order valence-electron chi connectivity index (χ2n) is 7.26. The van der Waals surface area contributed by atoms with E-state index in [9.17, 15) is 13.2 Å². The number of amides is 1. The van der Waals surface area contributed by atoms with Gasteiger partial charge in [0, 0.05) is 18.5 Å². The molecule has 32 heavy (non-hydrogen) atoms. The van der Waals surface area contributed by atoms with Crippen LogP contribution in [0.3, 0.4) is 0 Å². The van der Waals surface area contributed by atoms with Gasteiger partial charge in [-0.3, -0.25) is 9.52 Å². The zero-order valence-electron chi connectivity index (χ0n) is 17.0. The molecule has 0 radical (unpaired) electrons. The predicted octanol–water partition coefficient (Wildman–Crippen LogP) is 1.96. The topological polar surface area (TPSA) is 106 Å². The first kappa shape index (κ1) is 21.8. The Morgan fingerprint density at radius 1 is 1.12 bits per heavy atom. The van der Waals surface area contributed by atoms with Gasteiger partial charge in [0.05, 0.1) is 6.54 Å². The Kier molecular flexibility index (Phi) is 6.72. The van der Waals surface area contributed by atoms with Crippen LogP contribution in [0.1, 0.15) is 5.56 Å². The van der Waals surface area contributed by atoms with Crippen molar-refractivity contribution < 1.29 is 27.1 Å². The summed E-state index contributed by atoms with van der Waals surface area (Å²) in [5.41, 5.74) is 0.852. The van der Waals surface area contributed by atoms with Crippen LogP contribution in [0.15, 0.2) is 54.6 Å². The molecule has 168 valence electrons. The van der Waals surface area contributed by atoms with Gasteiger partial charge in [-0.15, -0.1) is 0 Å². The maximum absolute atomic E-state index is 15.5. The molecular formula is C22H22FN3O5S. The summed E-state index contributed by atoms with van der Waals surface area (Å²) in [6.45, 7) is 1.21. The zero-order valence-corrected chi connectivity index (χ0v) is 17.9. The Morgan fingerprint density at radius 2 is 1.91 bits per heavy atom. The fourth-order valence-corrected chi connectivity index (χ4v) is 3.53. The Morgan fingerprint density at radius 3 is 2.59 bits per heavy atom.